The van der Waals surface area contributed by atoms with Crippen LogP contribution in [0.2, 0.25) is 13.1 Å². The van der Waals surface area contributed by atoms with E-state index in [1.54, 1.807) is 10.4 Å². The Morgan fingerprint density at radius 3 is 1.35 bits per heavy atom. The molecule has 6 rings (SSSR count). The standard InChI is InChI=1S/C30H26Si.2ClH.Ti/c1-19-17-23-15-13-21-9-5-7-11-25(21)27(23)29(19)31(3,4)30-20(2)18-24-16-14-22-10-6-8-12-26(22)28(24)30;;;/h5-18H,1-4H3;2*1H;/q-2;;;+4/p-2. The van der Waals surface area contributed by atoms with Gasteiger partial charge in [-0.25, -0.2) is 0 Å². The normalized spacial score (nSPS) is 11.4. The third-order valence-corrected chi connectivity index (χ3v) is 11.0. The van der Waals surface area contributed by atoms with Gasteiger partial charge in [0.05, 0.1) is 0 Å². The minimum absolute atomic E-state index is 0. The molecule has 0 saturated carbocycles. The first-order valence-electron chi connectivity index (χ1n) is 11.1. The number of hydrogen-bond acceptors (Lipinski definition) is 0. The van der Waals surface area contributed by atoms with E-state index in [0.29, 0.717) is 0 Å². The number of halogens is 2. The molecule has 0 amide bonds. The first-order valence-corrected chi connectivity index (χ1v) is 14.1. The van der Waals surface area contributed by atoms with Crippen LogP contribution in [0, 0.1) is 13.8 Å². The minimum Gasteiger partial charge on any atom is -1.00 e. The Bertz CT molecular complexity index is 1520. The van der Waals surface area contributed by atoms with Gasteiger partial charge in [0.1, 0.15) is 0 Å². The number of aryl methyl sites for hydroxylation is 2. The molecule has 34 heavy (non-hydrogen) atoms. The third kappa shape index (κ3) is 3.79. The van der Waals surface area contributed by atoms with E-state index in [2.05, 4.69) is 112 Å². The van der Waals surface area contributed by atoms with Gasteiger partial charge in [-0.15, -0.1) is 56.9 Å². The fraction of sp³-hybridized carbons (Fsp3) is 0.133. The van der Waals surface area contributed by atoms with Gasteiger partial charge in [-0.3, -0.25) is 0 Å². The molecule has 0 unspecified atom stereocenters. The van der Waals surface area contributed by atoms with Gasteiger partial charge in [-0.2, -0.15) is 10.4 Å². The molecule has 168 valence electrons. The van der Waals surface area contributed by atoms with Crippen molar-refractivity contribution in [2.45, 2.75) is 26.9 Å². The summed E-state index contributed by atoms with van der Waals surface area (Å²) in [4.78, 5) is 0. The second-order valence-electron chi connectivity index (χ2n) is 9.53. The zero-order chi connectivity index (χ0) is 21.3. The number of benzene rings is 4. The van der Waals surface area contributed by atoms with Crippen LogP contribution >= 0.6 is 0 Å². The summed E-state index contributed by atoms with van der Waals surface area (Å²) >= 11 is 0. The predicted octanol–water partition coefficient (Wildman–Crippen LogP) is 1.18. The van der Waals surface area contributed by atoms with Crippen molar-refractivity contribution in [1.29, 1.82) is 0 Å². The summed E-state index contributed by atoms with van der Waals surface area (Å²) < 4.78 is 0. The van der Waals surface area contributed by atoms with Crippen molar-refractivity contribution in [3.8, 4) is 0 Å². The van der Waals surface area contributed by atoms with Gasteiger partial charge in [-0.1, -0.05) is 98.4 Å². The van der Waals surface area contributed by atoms with E-state index in [1.807, 2.05) is 0 Å². The molecule has 0 heterocycles. The fourth-order valence-corrected chi connectivity index (χ4v) is 10.3. The van der Waals surface area contributed by atoms with Gasteiger partial charge in [0.15, 0.2) is 0 Å². The fourth-order valence-electron chi connectivity index (χ4n) is 6.12. The van der Waals surface area contributed by atoms with Crippen molar-refractivity contribution in [2.24, 2.45) is 0 Å². The zero-order valence-electron chi connectivity index (χ0n) is 19.8. The van der Waals surface area contributed by atoms with Crippen molar-refractivity contribution in [3.05, 3.63) is 96.1 Å². The maximum absolute atomic E-state index is 2.56. The summed E-state index contributed by atoms with van der Waals surface area (Å²) in [6.07, 6.45) is 0. The van der Waals surface area contributed by atoms with Crippen LogP contribution in [0.3, 0.4) is 0 Å². The first-order chi connectivity index (χ1) is 15.0. The number of hydrogen-bond donors (Lipinski definition) is 0. The van der Waals surface area contributed by atoms with Gasteiger partial charge in [0.2, 0.25) is 0 Å². The van der Waals surface area contributed by atoms with Crippen molar-refractivity contribution in [1.82, 2.24) is 0 Å². The molecule has 0 atom stereocenters. The molecule has 0 nitrogen and oxygen atoms in total. The van der Waals surface area contributed by atoms with E-state index in [9.17, 15) is 0 Å². The van der Waals surface area contributed by atoms with E-state index in [-0.39, 0.29) is 46.5 Å². The van der Waals surface area contributed by atoms with Crippen molar-refractivity contribution in [3.63, 3.8) is 0 Å². The molecule has 0 aliphatic carbocycles. The second-order valence-corrected chi connectivity index (χ2v) is 13.8. The van der Waals surface area contributed by atoms with E-state index < -0.39 is 8.07 Å². The monoisotopic (exact) mass is 532 g/mol. The number of rotatable bonds is 2. The molecule has 0 radical (unpaired) electrons. The van der Waals surface area contributed by atoms with E-state index >= 15 is 0 Å². The quantitative estimate of drug-likeness (QED) is 0.232. The van der Waals surface area contributed by atoms with Crippen LogP contribution < -0.4 is 35.2 Å². The third-order valence-electron chi connectivity index (χ3n) is 7.21. The molecule has 4 heteroatoms. The maximum Gasteiger partial charge on any atom is 4.00 e. The van der Waals surface area contributed by atoms with Gasteiger partial charge >= 0.3 is 21.7 Å². The predicted molar refractivity (Wildman–Crippen MR) is 140 cm³/mol. The molecular formula is C30H26Cl2SiTi. The van der Waals surface area contributed by atoms with Crippen molar-refractivity contribution in [2.75, 3.05) is 0 Å². The molecule has 6 aromatic carbocycles. The Morgan fingerprint density at radius 2 is 0.941 bits per heavy atom. The van der Waals surface area contributed by atoms with Crippen LogP contribution in [-0.4, -0.2) is 8.07 Å². The Morgan fingerprint density at radius 1 is 0.559 bits per heavy atom. The van der Waals surface area contributed by atoms with Crippen LogP contribution in [0.5, 0.6) is 0 Å². The van der Waals surface area contributed by atoms with Gasteiger partial charge in [0, 0.05) is 8.07 Å². The molecule has 0 fully saturated rings. The topological polar surface area (TPSA) is 0 Å². The van der Waals surface area contributed by atoms with E-state index in [0.717, 1.165) is 0 Å². The van der Waals surface area contributed by atoms with E-state index in [1.165, 1.54) is 54.2 Å². The summed E-state index contributed by atoms with van der Waals surface area (Å²) in [7, 11) is -2.00. The SMILES string of the molecule is Cc1[cH-]c2ccc3ccccc3c2c1[Si](C)(C)c1c(C)[cH-]c2ccc3ccccc3c12.[Cl-].[Cl-].[Ti+4]. The van der Waals surface area contributed by atoms with Crippen LogP contribution in [0.15, 0.2) is 84.9 Å². The van der Waals surface area contributed by atoms with E-state index in [4.69, 9.17) is 0 Å². The van der Waals surface area contributed by atoms with Crippen LogP contribution in [-0.2, 0) is 21.7 Å². The second kappa shape index (κ2) is 9.65. The molecule has 0 aliphatic heterocycles. The van der Waals surface area contributed by atoms with Gasteiger partial charge < -0.3 is 24.8 Å². The molecular weight excluding hydrogens is 507 g/mol. The minimum atomic E-state index is -2.00. The average molecular weight is 533 g/mol. The molecule has 0 saturated heterocycles. The Labute approximate surface area is 229 Å². The summed E-state index contributed by atoms with van der Waals surface area (Å²) in [5.74, 6) is 0. The van der Waals surface area contributed by atoms with Crippen molar-refractivity contribution < 1.29 is 46.5 Å². The average Bonchev–Trinajstić information content (AvgIpc) is 3.30. The summed E-state index contributed by atoms with van der Waals surface area (Å²) in [6, 6.07) is 31.7. The summed E-state index contributed by atoms with van der Waals surface area (Å²) in [6.45, 7) is 9.75. The molecule has 0 N–H and O–H groups in total. The Balaban J connectivity index is 0.00000108. The Kier molecular flexibility index (Phi) is 7.58. The molecule has 0 spiro atoms. The van der Waals surface area contributed by atoms with Crippen molar-refractivity contribution >= 4 is 61.5 Å². The molecule has 0 aromatic heterocycles. The first kappa shape index (κ1) is 26.7. The largest absolute Gasteiger partial charge is 4.00 e. The molecule has 6 aromatic rings. The molecule has 0 bridgehead atoms. The Hall–Kier alpha value is -1.87. The number of fused-ring (bicyclic) bond motifs is 6. The van der Waals surface area contributed by atoms with Gasteiger partial charge in [-0.05, 0) is 10.8 Å². The smallest absolute Gasteiger partial charge is 1.00 e. The van der Waals surface area contributed by atoms with Crippen LogP contribution in [0.25, 0.3) is 43.1 Å². The van der Waals surface area contributed by atoms with Crippen LogP contribution in [0.4, 0.5) is 0 Å². The van der Waals surface area contributed by atoms with Crippen LogP contribution in [0.1, 0.15) is 11.1 Å². The zero-order valence-corrected chi connectivity index (χ0v) is 23.9. The maximum atomic E-state index is 2.56. The summed E-state index contributed by atoms with van der Waals surface area (Å²) in [5.41, 5.74) is 2.88. The summed E-state index contributed by atoms with van der Waals surface area (Å²) in [5, 5.41) is 14.4. The van der Waals surface area contributed by atoms with Gasteiger partial charge in [0.25, 0.3) is 0 Å². The molecule has 0 aliphatic rings.